The Balaban J connectivity index is 2.31. The van der Waals surface area contributed by atoms with Crippen molar-refractivity contribution in [2.75, 3.05) is 7.11 Å². The van der Waals surface area contributed by atoms with Gasteiger partial charge in [-0.15, -0.1) is 12.3 Å². The van der Waals surface area contributed by atoms with Crippen molar-refractivity contribution in [2.45, 2.75) is 32.1 Å². The second-order valence-corrected chi connectivity index (χ2v) is 3.65. The zero-order chi connectivity index (χ0) is 9.68. The largest absolute Gasteiger partial charge is 0.469 e. The molecule has 1 rings (SSSR count). The van der Waals surface area contributed by atoms with Crippen LogP contribution in [0.5, 0.6) is 0 Å². The van der Waals surface area contributed by atoms with Gasteiger partial charge in [0.25, 0.3) is 0 Å². The molecule has 13 heavy (non-hydrogen) atoms. The number of rotatable bonds is 2. The van der Waals surface area contributed by atoms with Gasteiger partial charge in [0.05, 0.1) is 13.0 Å². The average molecular weight is 180 g/mol. The average Bonchev–Trinajstić information content (AvgIpc) is 2.18. The molecular weight excluding hydrogens is 164 g/mol. The molecule has 1 aliphatic carbocycles. The summed E-state index contributed by atoms with van der Waals surface area (Å²) < 4.78 is 4.71. The van der Waals surface area contributed by atoms with Crippen LogP contribution in [0, 0.1) is 24.2 Å². The summed E-state index contributed by atoms with van der Waals surface area (Å²) in [6.45, 7) is 0. The van der Waals surface area contributed by atoms with Crippen molar-refractivity contribution in [1.29, 1.82) is 0 Å². The molecule has 0 aromatic heterocycles. The van der Waals surface area contributed by atoms with E-state index in [1.807, 2.05) is 0 Å². The van der Waals surface area contributed by atoms with E-state index in [2.05, 4.69) is 5.92 Å². The monoisotopic (exact) mass is 180 g/mol. The number of methoxy groups -OCH3 is 1. The molecule has 0 aromatic rings. The third-order valence-electron chi connectivity index (χ3n) is 2.79. The molecule has 1 saturated carbocycles. The molecule has 0 spiro atoms. The van der Waals surface area contributed by atoms with E-state index in [4.69, 9.17) is 11.2 Å². The summed E-state index contributed by atoms with van der Waals surface area (Å²) in [5.74, 6) is 3.38. The van der Waals surface area contributed by atoms with Crippen molar-refractivity contribution >= 4 is 5.97 Å². The van der Waals surface area contributed by atoms with E-state index in [-0.39, 0.29) is 11.9 Å². The fraction of sp³-hybridized carbons (Fsp3) is 0.727. The van der Waals surface area contributed by atoms with Crippen LogP contribution in [0.3, 0.4) is 0 Å². The number of hydrogen-bond donors (Lipinski definition) is 0. The molecule has 1 fully saturated rings. The van der Waals surface area contributed by atoms with Gasteiger partial charge in [0, 0.05) is 6.42 Å². The van der Waals surface area contributed by atoms with E-state index in [0.717, 1.165) is 32.1 Å². The van der Waals surface area contributed by atoms with Gasteiger partial charge in [-0.3, -0.25) is 4.79 Å². The van der Waals surface area contributed by atoms with Gasteiger partial charge in [0.1, 0.15) is 0 Å². The molecule has 0 aliphatic heterocycles. The van der Waals surface area contributed by atoms with Crippen LogP contribution < -0.4 is 0 Å². The normalized spacial score (nSPS) is 27.7. The SMILES string of the molecule is C#CC[C@H]1CC[C@H](C(=O)OC)CC1. The van der Waals surface area contributed by atoms with E-state index in [0.29, 0.717) is 5.92 Å². The molecular formula is C11H16O2. The third kappa shape index (κ3) is 2.77. The highest BCUT2D eigenvalue weighted by molar-refractivity contribution is 5.72. The molecule has 72 valence electrons. The quantitative estimate of drug-likeness (QED) is 0.480. The van der Waals surface area contributed by atoms with Crippen molar-refractivity contribution in [3.63, 3.8) is 0 Å². The van der Waals surface area contributed by atoms with Crippen LogP contribution in [0.4, 0.5) is 0 Å². The van der Waals surface area contributed by atoms with E-state index in [9.17, 15) is 4.79 Å². The lowest BCUT2D eigenvalue weighted by atomic mass is 9.81. The van der Waals surface area contributed by atoms with Crippen LogP contribution in [-0.2, 0) is 9.53 Å². The maximum absolute atomic E-state index is 11.2. The molecule has 0 saturated heterocycles. The molecule has 2 nitrogen and oxygen atoms in total. The second-order valence-electron chi connectivity index (χ2n) is 3.65. The third-order valence-corrected chi connectivity index (χ3v) is 2.79. The molecule has 0 heterocycles. The lowest BCUT2D eigenvalue weighted by Crippen LogP contribution is -2.22. The number of carbonyl (C=O) groups is 1. The highest BCUT2D eigenvalue weighted by atomic mass is 16.5. The molecule has 2 heteroatoms. The first-order chi connectivity index (χ1) is 6.27. The predicted octanol–water partition coefficient (Wildman–Crippen LogP) is 1.99. The number of hydrogen-bond acceptors (Lipinski definition) is 2. The van der Waals surface area contributed by atoms with Crippen LogP contribution in [0.25, 0.3) is 0 Å². The summed E-state index contributed by atoms with van der Waals surface area (Å²) in [4.78, 5) is 11.2. The summed E-state index contributed by atoms with van der Waals surface area (Å²) >= 11 is 0. The van der Waals surface area contributed by atoms with Crippen LogP contribution >= 0.6 is 0 Å². The Morgan fingerprint density at radius 3 is 2.54 bits per heavy atom. The maximum atomic E-state index is 11.2. The minimum absolute atomic E-state index is 0.0563. The Kier molecular flexibility index (Phi) is 3.82. The van der Waals surface area contributed by atoms with Gasteiger partial charge < -0.3 is 4.74 Å². The van der Waals surface area contributed by atoms with Gasteiger partial charge in [-0.2, -0.15) is 0 Å². The van der Waals surface area contributed by atoms with E-state index in [1.165, 1.54) is 7.11 Å². The second kappa shape index (κ2) is 4.91. The van der Waals surface area contributed by atoms with E-state index in [1.54, 1.807) is 0 Å². The van der Waals surface area contributed by atoms with Crippen LogP contribution in [0.2, 0.25) is 0 Å². The Morgan fingerprint density at radius 2 is 2.08 bits per heavy atom. The molecule has 0 amide bonds. The van der Waals surface area contributed by atoms with Crippen molar-refractivity contribution in [2.24, 2.45) is 11.8 Å². The molecule has 0 atom stereocenters. The smallest absolute Gasteiger partial charge is 0.308 e. The van der Waals surface area contributed by atoms with Gasteiger partial charge in [-0.25, -0.2) is 0 Å². The Morgan fingerprint density at radius 1 is 1.46 bits per heavy atom. The predicted molar refractivity (Wildman–Crippen MR) is 50.9 cm³/mol. The minimum atomic E-state index is -0.0563. The fourth-order valence-corrected chi connectivity index (χ4v) is 1.94. The van der Waals surface area contributed by atoms with Crippen LogP contribution in [-0.4, -0.2) is 13.1 Å². The molecule has 0 N–H and O–H groups in total. The van der Waals surface area contributed by atoms with Gasteiger partial charge >= 0.3 is 5.97 Å². The minimum Gasteiger partial charge on any atom is -0.469 e. The summed E-state index contributed by atoms with van der Waals surface area (Å²) in [6, 6.07) is 0. The van der Waals surface area contributed by atoms with Crippen molar-refractivity contribution < 1.29 is 9.53 Å². The Hall–Kier alpha value is -0.970. The highest BCUT2D eigenvalue weighted by Crippen LogP contribution is 2.30. The molecule has 0 aromatic carbocycles. The van der Waals surface area contributed by atoms with Crippen molar-refractivity contribution in [1.82, 2.24) is 0 Å². The molecule has 0 bridgehead atoms. The van der Waals surface area contributed by atoms with Gasteiger partial charge in [-0.05, 0) is 31.6 Å². The van der Waals surface area contributed by atoms with Crippen LogP contribution in [0.1, 0.15) is 32.1 Å². The topological polar surface area (TPSA) is 26.3 Å². The first-order valence-electron chi connectivity index (χ1n) is 4.79. The zero-order valence-corrected chi connectivity index (χ0v) is 8.08. The first-order valence-corrected chi connectivity index (χ1v) is 4.79. The highest BCUT2D eigenvalue weighted by Gasteiger charge is 2.26. The van der Waals surface area contributed by atoms with Gasteiger partial charge in [-0.1, -0.05) is 0 Å². The van der Waals surface area contributed by atoms with E-state index >= 15 is 0 Å². The molecule has 1 aliphatic rings. The van der Waals surface area contributed by atoms with Crippen molar-refractivity contribution in [3.8, 4) is 12.3 Å². The number of esters is 1. The van der Waals surface area contributed by atoms with Gasteiger partial charge in [0.2, 0.25) is 0 Å². The standard InChI is InChI=1S/C11H16O2/c1-3-4-9-5-7-10(8-6-9)11(12)13-2/h1,9-10H,4-8H2,2H3/t9-,10-. The number of terminal acetylenes is 1. The summed E-state index contributed by atoms with van der Waals surface area (Å²) in [6.07, 6.45) is 10.1. The summed E-state index contributed by atoms with van der Waals surface area (Å²) in [5, 5.41) is 0. The molecule has 0 unspecified atom stereocenters. The molecule has 0 radical (unpaired) electrons. The Labute approximate surface area is 79.7 Å². The number of carbonyl (C=O) groups excluding carboxylic acids is 1. The Bertz CT molecular complexity index is 207. The zero-order valence-electron chi connectivity index (χ0n) is 8.08. The number of ether oxygens (including phenoxy) is 1. The summed E-state index contributed by atoms with van der Waals surface area (Å²) in [5.41, 5.74) is 0. The lowest BCUT2D eigenvalue weighted by Gasteiger charge is -2.25. The summed E-state index contributed by atoms with van der Waals surface area (Å²) in [7, 11) is 1.45. The van der Waals surface area contributed by atoms with Crippen LogP contribution in [0.15, 0.2) is 0 Å². The fourth-order valence-electron chi connectivity index (χ4n) is 1.94. The maximum Gasteiger partial charge on any atom is 0.308 e. The van der Waals surface area contributed by atoms with Gasteiger partial charge in [0.15, 0.2) is 0 Å². The van der Waals surface area contributed by atoms with Crippen molar-refractivity contribution in [3.05, 3.63) is 0 Å². The first kappa shape index (κ1) is 10.1. The van der Waals surface area contributed by atoms with E-state index < -0.39 is 0 Å². The lowest BCUT2D eigenvalue weighted by molar-refractivity contribution is -0.146.